The Kier molecular flexibility index (Phi) is 2.97. The third kappa shape index (κ3) is 1.77. The van der Waals surface area contributed by atoms with Gasteiger partial charge in [0, 0.05) is 0 Å². The zero-order valence-electron chi connectivity index (χ0n) is 10.4. The summed E-state index contributed by atoms with van der Waals surface area (Å²) in [5, 5.41) is 0.0497. The van der Waals surface area contributed by atoms with E-state index in [1.807, 2.05) is 6.07 Å². The first-order chi connectivity index (χ1) is 8.81. The average Bonchev–Trinajstić information content (AvgIpc) is 2.77. The summed E-state index contributed by atoms with van der Waals surface area (Å²) in [6.45, 7) is 2.16. The summed E-state index contributed by atoms with van der Waals surface area (Å²) in [6, 6.07) is 16.9. The van der Waals surface area contributed by atoms with Crippen molar-refractivity contribution < 1.29 is 0 Å². The maximum atomic E-state index is 6.50. The summed E-state index contributed by atoms with van der Waals surface area (Å²) in [5.74, 6) is 0. The van der Waals surface area contributed by atoms with Gasteiger partial charge in [0.15, 0.2) is 0 Å². The zero-order chi connectivity index (χ0) is 12.5. The van der Waals surface area contributed by atoms with Crippen LogP contribution < -0.4 is 0 Å². The van der Waals surface area contributed by atoms with E-state index in [1.54, 1.807) is 0 Å². The highest BCUT2D eigenvalue weighted by molar-refractivity contribution is 6.24. The molecule has 0 spiro atoms. The van der Waals surface area contributed by atoms with Gasteiger partial charge in [0.25, 0.3) is 0 Å². The van der Waals surface area contributed by atoms with Crippen molar-refractivity contribution in [2.45, 2.75) is 18.7 Å². The molecule has 3 rings (SSSR count). The van der Waals surface area contributed by atoms with Gasteiger partial charge >= 0.3 is 0 Å². The Balaban J connectivity index is 2.18. The summed E-state index contributed by atoms with van der Waals surface area (Å²) in [4.78, 5) is 0. The average molecular weight is 255 g/mol. The van der Waals surface area contributed by atoms with Gasteiger partial charge < -0.3 is 0 Å². The molecule has 1 aliphatic carbocycles. The van der Waals surface area contributed by atoms with Crippen LogP contribution in [0.1, 0.15) is 29.8 Å². The number of hydrogen-bond donors (Lipinski definition) is 0. The molecule has 1 atom stereocenters. The van der Waals surface area contributed by atoms with Crippen molar-refractivity contribution in [2.75, 3.05) is 0 Å². The van der Waals surface area contributed by atoms with Crippen LogP contribution in [0, 0.1) is 0 Å². The third-order valence-corrected chi connectivity index (χ3v) is 4.08. The molecule has 90 valence electrons. The standard InChI is InChI=1S/C17H15Cl/c1-2-12-11-16-14(13-7-4-3-5-8-13)9-6-10-15(16)17(12)18/h3-11,17H,2H2,1H3. The monoisotopic (exact) mass is 254 g/mol. The molecule has 0 amide bonds. The maximum absolute atomic E-state index is 6.50. The SMILES string of the molecule is CCC1=Cc2c(-c3ccccc3)cccc2C1Cl. The molecule has 0 aliphatic heterocycles. The smallest absolute Gasteiger partial charge is 0.0804 e. The minimum atomic E-state index is 0.0497. The Morgan fingerprint density at radius 1 is 1.00 bits per heavy atom. The van der Waals surface area contributed by atoms with Gasteiger partial charge in [-0.3, -0.25) is 0 Å². The molecule has 0 bridgehead atoms. The molecular formula is C17H15Cl. The largest absolute Gasteiger partial charge is 0.113 e. The van der Waals surface area contributed by atoms with Crippen LogP contribution in [-0.4, -0.2) is 0 Å². The molecule has 2 aromatic rings. The summed E-state index contributed by atoms with van der Waals surface area (Å²) in [7, 11) is 0. The molecule has 0 aromatic heterocycles. The maximum Gasteiger partial charge on any atom is 0.0804 e. The fourth-order valence-electron chi connectivity index (χ4n) is 2.57. The second kappa shape index (κ2) is 4.62. The van der Waals surface area contributed by atoms with Crippen LogP contribution in [0.4, 0.5) is 0 Å². The van der Waals surface area contributed by atoms with Crippen LogP contribution in [0.25, 0.3) is 17.2 Å². The lowest BCUT2D eigenvalue weighted by Gasteiger charge is -2.10. The fourth-order valence-corrected chi connectivity index (χ4v) is 2.98. The summed E-state index contributed by atoms with van der Waals surface area (Å²) in [5.41, 5.74) is 6.39. The fraction of sp³-hybridized carbons (Fsp3) is 0.176. The second-order valence-electron chi connectivity index (χ2n) is 4.61. The first-order valence-electron chi connectivity index (χ1n) is 6.34. The Hall–Kier alpha value is -1.53. The topological polar surface area (TPSA) is 0 Å². The van der Waals surface area contributed by atoms with E-state index < -0.39 is 0 Å². The highest BCUT2D eigenvalue weighted by atomic mass is 35.5. The summed E-state index contributed by atoms with van der Waals surface area (Å²) < 4.78 is 0. The number of hydrogen-bond acceptors (Lipinski definition) is 0. The molecule has 2 aromatic carbocycles. The van der Waals surface area contributed by atoms with E-state index in [1.165, 1.54) is 27.8 Å². The molecule has 0 radical (unpaired) electrons. The van der Waals surface area contributed by atoms with Crippen molar-refractivity contribution in [2.24, 2.45) is 0 Å². The highest BCUT2D eigenvalue weighted by Gasteiger charge is 2.23. The van der Waals surface area contributed by atoms with Gasteiger partial charge in [0.1, 0.15) is 0 Å². The Bertz CT molecular complexity index is 596. The predicted octanol–water partition coefficient (Wildman–Crippen LogP) is 5.44. The number of allylic oxidation sites excluding steroid dienone is 1. The van der Waals surface area contributed by atoms with Crippen LogP contribution in [0.2, 0.25) is 0 Å². The molecule has 0 N–H and O–H groups in total. The van der Waals surface area contributed by atoms with E-state index in [0.29, 0.717) is 0 Å². The molecule has 0 saturated heterocycles. The molecular weight excluding hydrogens is 240 g/mol. The van der Waals surface area contributed by atoms with E-state index in [2.05, 4.69) is 55.5 Å². The minimum absolute atomic E-state index is 0.0497. The number of halogens is 1. The van der Waals surface area contributed by atoms with Crippen molar-refractivity contribution in [1.82, 2.24) is 0 Å². The van der Waals surface area contributed by atoms with E-state index in [-0.39, 0.29) is 5.38 Å². The van der Waals surface area contributed by atoms with Crippen molar-refractivity contribution in [3.63, 3.8) is 0 Å². The quantitative estimate of drug-likeness (QED) is 0.626. The normalized spacial score (nSPS) is 17.4. The van der Waals surface area contributed by atoms with Crippen LogP contribution in [0.5, 0.6) is 0 Å². The molecule has 0 saturated carbocycles. The first-order valence-corrected chi connectivity index (χ1v) is 6.77. The number of alkyl halides is 1. The van der Waals surface area contributed by atoms with Gasteiger partial charge in [0.2, 0.25) is 0 Å². The van der Waals surface area contributed by atoms with E-state index in [9.17, 15) is 0 Å². The zero-order valence-corrected chi connectivity index (χ0v) is 11.1. The van der Waals surface area contributed by atoms with Gasteiger partial charge in [-0.1, -0.05) is 61.5 Å². The van der Waals surface area contributed by atoms with Crippen molar-refractivity contribution >= 4 is 17.7 Å². The lowest BCUT2D eigenvalue weighted by Crippen LogP contribution is -1.90. The van der Waals surface area contributed by atoms with E-state index in [4.69, 9.17) is 11.6 Å². The summed E-state index contributed by atoms with van der Waals surface area (Å²) >= 11 is 6.50. The molecule has 0 fully saturated rings. The van der Waals surface area contributed by atoms with Crippen LogP contribution in [0.15, 0.2) is 54.1 Å². The van der Waals surface area contributed by atoms with Crippen LogP contribution in [-0.2, 0) is 0 Å². The number of benzene rings is 2. The summed E-state index contributed by atoms with van der Waals surface area (Å²) in [6.07, 6.45) is 3.27. The second-order valence-corrected chi connectivity index (χ2v) is 5.05. The molecule has 1 aliphatic rings. The Labute approximate surface area is 113 Å². The Morgan fingerprint density at radius 3 is 2.50 bits per heavy atom. The minimum Gasteiger partial charge on any atom is -0.113 e. The van der Waals surface area contributed by atoms with Crippen LogP contribution in [0.3, 0.4) is 0 Å². The lowest BCUT2D eigenvalue weighted by molar-refractivity contribution is 1.01. The van der Waals surface area contributed by atoms with Gasteiger partial charge in [-0.05, 0) is 34.2 Å². The predicted molar refractivity (Wildman–Crippen MR) is 78.7 cm³/mol. The molecule has 18 heavy (non-hydrogen) atoms. The van der Waals surface area contributed by atoms with Gasteiger partial charge in [-0.25, -0.2) is 0 Å². The number of fused-ring (bicyclic) bond motifs is 1. The van der Waals surface area contributed by atoms with E-state index in [0.717, 1.165) is 6.42 Å². The van der Waals surface area contributed by atoms with Gasteiger partial charge in [0.05, 0.1) is 5.38 Å². The lowest BCUT2D eigenvalue weighted by atomic mass is 9.97. The molecule has 1 heteroatoms. The van der Waals surface area contributed by atoms with Gasteiger partial charge in [-0.15, -0.1) is 11.6 Å². The molecule has 0 heterocycles. The first kappa shape index (κ1) is 11.6. The van der Waals surface area contributed by atoms with Crippen molar-refractivity contribution in [3.8, 4) is 11.1 Å². The van der Waals surface area contributed by atoms with Crippen LogP contribution >= 0.6 is 11.6 Å². The van der Waals surface area contributed by atoms with Gasteiger partial charge in [-0.2, -0.15) is 0 Å². The third-order valence-electron chi connectivity index (χ3n) is 3.56. The molecule has 0 nitrogen and oxygen atoms in total. The van der Waals surface area contributed by atoms with Crippen molar-refractivity contribution in [3.05, 3.63) is 65.2 Å². The number of rotatable bonds is 2. The Morgan fingerprint density at radius 2 is 1.78 bits per heavy atom. The van der Waals surface area contributed by atoms with Crippen molar-refractivity contribution in [1.29, 1.82) is 0 Å². The molecule has 1 unspecified atom stereocenters. The highest BCUT2D eigenvalue weighted by Crippen LogP contribution is 2.44. The van der Waals surface area contributed by atoms with E-state index >= 15 is 0 Å².